The Labute approximate surface area is 96.6 Å². The lowest BCUT2D eigenvalue weighted by Crippen LogP contribution is -2.28. The summed E-state index contributed by atoms with van der Waals surface area (Å²) in [5.74, 6) is 6.47. The summed E-state index contributed by atoms with van der Waals surface area (Å²) in [4.78, 5) is 6.46. The molecular weight excluding hydrogens is 204 g/mol. The summed E-state index contributed by atoms with van der Waals surface area (Å²) in [7, 11) is 0. The molecule has 1 aromatic heterocycles. The van der Waals surface area contributed by atoms with Gasteiger partial charge in [-0.25, -0.2) is 5.84 Å². The number of likely N-dealkylation sites (N-methyl/N-ethyl adjacent to an activating group) is 1. The third-order valence-electron chi connectivity index (χ3n) is 2.42. The van der Waals surface area contributed by atoms with Gasteiger partial charge in [-0.3, -0.25) is 0 Å². The Balaban J connectivity index is 2.36. The van der Waals surface area contributed by atoms with Gasteiger partial charge in [-0.2, -0.15) is 4.98 Å². The van der Waals surface area contributed by atoms with Crippen LogP contribution in [-0.2, 0) is 0 Å². The molecule has 0 atom stereocenters. The van der Waals surface area contributed by atoms with Gasteiger partial charge >= 0.3 is 0 Å². The molecule has 1 aromatic rings. The Bertz CT molecular complexity index is 302. The third-order valence-corrected chi connectivity index (χ3v) is 2.42. The monoisotopic (exact) mass is 224 g/mol. The average Bonchev–Trinajstić information content (AvgIpc) is 2.35. The van der Waals surface area contributed by atoms with Crippen LogP contribution in [0.3, 0.4) is 0 Å². The van der Waals surface area contributed by atoms with Crippen LogP contribution in [0, 0.1) is 0 Å². The maximum atomic E-state index is 5.53. The summed E-state index contributed by atoms with van der Waals surface area (Å²) in [5.41, 5.74) is 2.49. The molecule has 0 spiro atoms. The van der Waals surface area contributed by atoms with Gasteiger partial charge in [0.25, 0.3) is 0 Å². The first-order valence-electron chi connectivity index (χ1n) is 5.59. The first-order valence-corrected chi connectivity index (χ1v) is 5.59. The number of ether oxygens (including phenoxy) is 1. The highest BCUT2D eigenvalue weighted by atomic mass is 16.5. The fourth-order valence-corrected chi connectivity index (χ4v) is 1.39. The predicted molar refractivity (Wildman–Crippen MR) is 65.3 cm³/mol. The first kappa shape index (κ1) is 12.7. The highest BCUT2D eigenvalue weighted by Gasteiger charge is 2.00. The number of nitrogens with two attached hydrogens (primary N) is 1. The molecule has 0 saturated heterocycles. The van der Waals surface area contributed by atoms with Crippen molar-refractivity contribution in [1.82, 2.24) is 9.88 Å². The van der Waals surface area contributed by atoms with E-state index in [1.165, 1.54) is 0 Å². The van der Waals surface area contributed by atoms with Gasteiger partial charge in [-0.15, -0.1) is 0 Å². The minimum Gasteiger partial charge on any atom is -0.476 e. The second-order valence-electron chi connectivity index (χ2n) is 3.38. The van der Waals surface area contributed by atoms with Crippen molar-refractivity contribution in [2.45, 2.75) is 13.8 Å². The molecule has 16 heavy (non-hydrogen) atoms. The summed E-state index contributed by atoms with van der Waals surface area (Å²) in [6, 6.07) is 5.47. The number of aromatic nitrogens is 1. The number of nitrogens with one attached hydrogen (secondary N) is 1. The van der Waals surface area contributed by atoms with E-state index in [0.717, 1.165) is 19.6 Å². The molecule has 1 heterocycles. The molecule has 0 fully saturated rings. The van der Waals surface area contributed by atoms with Gasteiger partial charge in [0.05, 0.1) is 0 Å². The van der Waals surface area contributed by atoms with Crippen LogP contribution in [0.25, 0.3) is 0 Å². The van der Waals surface area contributed by atoms with Crippen LogP contribution < -0.4 is 16.0 Å². The van der Waals surface area contributed by atoms with Crippen molar-refractivity contribution in [3.05, 3.63) is 18.2 Å². The first-order chi connectivity index (χ1) is 7.80. The molecule has 0 amide bonds. The molecule has 0 aromatic carbocycles. The zero-order valence-electron chi connectivity index (χ0n) is 9.94. The SMILES string of the molecule is CCN(CC)CCOc1cccc(NN)n1. The van der Waals surface area contributed by atoms with Crippen molar-refractivity contribution >= 4 is 5.82 Å². The molecule has 0 saturated carbocycles. The summed E-state index contributed by atoms with van der Waals surface area (Å²) in [5, 5.41) is 0. The van der Waals surface area contributed by atoms with Crippen LogP contribution in [0.4, 0.5) is 5.82 Å². The number of hydrogen-bond acceptors (Lipinski definition) is 5. The number of rotatable bonds is 7. The lowest BCUT2D eigenvalue weighted by atomic mass is 10.4. The molecule has 0 aliphatic carbocycles. The summed E-state index contributed by atoms with van der Waals surface area (Å²) >= 11 is 0. The third kappa shape index (κ3) is 4.04. The fourth-order valence-electron chi connectivity index (χ4n) is 1.39. The van der Waals surface area contributed by atoms with Crippen molar-refractivity contribution in [1.29, 1.82) is 0 Å². The van der Waals surface area contributed by atoms with Gasteiger partial charge < -0.3 is 15.1 Å². The van der Waals surface area contributed by atoms with E-state index >= 15 is 0 Å². The maximum Gasteiger partial charge on any atom is 0.215 e. The molecule has 0 unspecified atom stereocenters. The average molecular weight is 224 g/mol. The maximum absolute atomic E-state index is 5.53. The van der Waals surface area contributed by atoms with Gasteiger partial charge in [0.15, 0.2) is 0 Å². The number of pyridine rings is 1. The number of nitrogen functional groups attached to an aromatic ring is 1. The van der Waals surface area contributed by atoms with E-state index < -0.39 is 0 Å². The molecular formula is C11H20N4O. The molecule has 3 N–H and O–H groups in total. The summed E-state index contributed by atoms with van der Waals surface area (Å²) in [6.07, 6.45) is 0. The van der Waals surface area contributed by atoms with E-state index in [1.807, 2.05) is 12.1 Å². The predicted octanol–water partition coefficient (Wildman–Crippen LogP) is 1.09. The van der Waals surface area contributed by atoms with Gasteiger partial charge in [0.1, 0.15) is 12.4 Å². The molecule has 1 rings (SSSR count). The Hall–Kier alpha value is -1.33. The van der Waals surface area contributed by atoms with Crippen LogP contribution in [0.1, 0.15) is 13.8 Å². The highest BCUT2D eigenvalue weighted by molar-refractivity contribution is 5.35. The molecule has 0 aliphatic rings. The van der Waals surface area contributed by atoms with Crippen molar-refractivity contribution in [2.75, 3.05) is 31.7 Å². The van der Waals surface area contributed by atoms with E-state index in [9.17, 15) is 0 Å². The van der Waals surface area contributed by atoms with Gasteiger partial charge in [0.2, 0.25) is 5.88 Å². The second-order valence-corrected chi connectivity index (χ2v) is 3.38. The number of nitrogens with zero attached hydrogens (tertiary/aromatic N) is 2. The lowest BCUT2D eigenvalue weighted by Gasteiger charge is -2.17. The van der Waals surface area contributed by atoms with E-state index in [1.54, 1.807) is 6.07 Å². The Morgan fingerprint density at radius 3 is 2.75 bits per heavy atom. The molecule has 0 bridgehead atoms. The summed E-state index contributed by atoms with van der Waals surface area (Å²) < 4.78 is 5.53. The van der Waals surface area contributed by atoms with E-state index in [4.69, 9.17) is 10.6 Å². The molecule has 90 valence electrons. The Kier molecular flexibility index (Phi) is 5.60. The van der Waals surface area contributed by atoms with Gasteiger partial charge in [0, 0.05) is 12.6 Å². The van der Waals surface area contributed by atoms with Gasteiger partial charge in [-0.1, -0.05) is 19.9 Å². The van der Waals surface area contributed by atoms with Gasteiger partial charge in [-0.05, 0) is 19.2 Å². The highest BCUT2D eigenvalue weighted by Crippen LogP contribution is 2.09. The second kappa shape index (κ2) is 7.03. The molecule has 0 aliphatic heterocycles. The van der Waals surface area contributed by atoms with Crippen LogP contribution >= 0.6 is 0 Å². The minimum absolute atomic E-state index is 0.600. The zero-order chi connectivity index (χ0) is 11.8. The Morgan fingerprint density at radius 2 is 2.12 bits per heavy atom. The Morgan fingerprint density at radius 1 is 1.38 bits per heavy atom. The van der Waals surface area contributed by atoms with Crippen LogP contribution in [0.15, 0.2) is 18.2 Å². The normalized spacial score (nSPS) is 10.5. The minimum atomic E-state index is 0.600. The van der Waals surface area contributed by atoms with Crippen LogP contribution in [0.2, 0.25) is 0 Å². The number of hydrazine groups is 1. The smallest absolute Gasteiger partial charge is 0.215 e. The topological polar surface area (TPSA) is 63.4 Å². The number of hydrogen-bond donors (Lipinski definition) is 2. The molecule has 5 nitrogen and oxygen atoms in total. The molecule has 5 heteroatoms. The van der Waals surface area contributed by atoms with Crippen molar-refractivity contribution in [3.63, 3.8) is 0 Å². The quantitative estimate of drug-likeness (QED) is 0.536. The van der Waals surface area contributed by atoms with E-state index in [-0.39, 0.29) is 0 Å². The van der Waals surface area contributed by atoms with E-state index in [2.05, 4.69) is 29.2 Å². The standard InChI is InChI=1S/C11H20N4O/c1-3-15(4-2)8-9-16-11-7-5-6-10(13-11)14-12/h5-7H,3-4,8-9,12H2,1-2H3,(H,13,14). The fraction of sp³-hybridized carbons (Fsp3) is 0.545. The van der Waals surface area contributed by atoms with Crippen LogP contribution in [-0.4, -0.2) is 36.1 Å². The lowest BCUT2D eigenvalue weighted by molar-refractivity contribution is 0.218. The molecule has 0 radical (unpaired) electrons. The van der Waals surface area contributed by atoms with Crippen molar-refractivity contribution in [3.8, 4) is 5.88 Å². The van der Waals surface area contributed by atoms with Crippen molar-refractivity contribution in [2.24, 2.45) is 5.84 Å². The van der Waals surface area contributed by atoms with Crippen molar-refractivity contribution < 1.29 is 4.74 Å². The summed E-state index contributed by atoms with van der Waals surface area (Å²) in [6.45, 7) is 7.91. The zero-order valence-corrected chi connectivity index (χ0v) is 9.94. The largest absolute Gasteiger partial charge is 0.476 e. The van der Waals surface area contributed by atoms with Crippen LogP contribution in [0.5, 0.6) is 5.88 Å². The van der Waals surface area contributed by atoms with E-state index in [0.29, 0.717) is 18.3 Å². The number of anilines is 1.